The third-order valence-corrected chi connectivity index (χ3v) is 7.11. The van der Waals surface area contributed by atoms with E-state index < -0.39 is 10.0 Å². The van der Waals surface area contributed by atoms with E-state index in [-0.39, 0.29) is 4.90 Å². The Bertz CT molecular complexity index is 1120. The molecule has 3 aromatic rings. The molecule has 30 heavy (non-hydrogen) atoms. The van der Waals surface area contributed by atoms with Gasteiger partial charge in [0, 0.05) is 15.6 Å². The van der Waals surface area contributed by atoms with Crippen LogP contribution in [-0.4, -0.2) is 18.2 Å². The Morgan fingerprint density at radius 1 is 1.03 bits per heavy atom. The molecule has 0 atom stereocenters. The van der Waals surface area contributed by atoms with E-state index in [0.717, 1.165) is 30.4 Å². The second-order valence-corrected chi connectivity index (χ2v) is 9.75. The van der Waals surface area contributed by atoms with Crippen molar-refractivity contribution in [2.75, 3.05) is 4.72 Å². The highest BCUT2D eigenvalue weighted by molar-refractivity contribution is 7.92. The van der Waals surface area contributed by atoms with Crippen LogP contribution in [-0.2, 0) is 23.0 Å². The maximum atomic E-state index is 12.9. The Labute approximate surface area is 188 Å². The zero-order chi connectivity index (χ0) is 21.9. The van der Waals surface area contributed by atoms with Gasteiger partial charge in [0.25, 0.3) is 10.0 Å². The average Bonchev–Trinajstić information content (AvgIpc) is 2.96. The minimum absolute atomic E-state index is 0.225. The molecule has 0 fully saturated rings. The van der Waals surface area contributed by atoms with Crippen LogP contribution in [0.5, 0.6) is 0 Å². The van der Waals surface area contributed by atoms with Crippen molar-refractivity contribution < 1.29 is 8.42 Å². The summed E-state index contributed by atoms with van der Waals surface area (Å²) in [4.78, 5) is 0.225. The van der Waals surface area contributed by atoms with E-state index in [9.17, 15) is 8.42 Å². The molecule has 0 spiro atoms. The van der Waals surface area contributed by atoms with Crippen LogP contribution in [0.1, 0.15) is 42.3 Å². The Kier molecular flexibility index (Phi) is 7.11. The summed E-state index contributed by atoms with van der Waals surface area (Å²) < 4.78 is 30.2. The molecule has 160 valence electrons. The van der Waals surface area contributed by atoms with Crippen molar-refractivity contribution in [1.82, 2.24) is 9.78 Å². The maximum Gasteiger partial charge on any atom is 0.262 e. The normalized spacial score (nSPS) is 11.6. The fourth-order valence-corrected chi connectivity index (χ4v) is 4.93. The van der Waals surface area contributed by atoms with Crippen LogP contribution >= 0.6 is 23.2 Å². The molecule has 1 N–H and O–H groups in total. The Hall–Kier alpha value is -2.02. The fourth-order valence-electron chi connectivity index (χ4n) is 3.24. The number of hydrogen-bond acceptors (Lipinski definition) is 3. The van der Waals surface area contributed by atoms with Crippen LogP contribution in [0.25, 0.3) is 0 Å². The number of rotatable bonds is 8. The highest BCUT2D eigenvalue weighted by atomic mass is 35.5. The van der Waals surface area contributed by atoms with E-state index in [0.29, 0.717) is 33.7 Å². The Balaban J connectivity index is 1.84. The second kappa shape index (κ2) is 9.41. The molecule has 0 amide bonds. The minimum Gasteiger partial charge on any atom is -0.276 e. The number of hydrogen-bond donors (Lipinski definition) is 1. The van der Waals surface area contributed by atoms with Crippen LogP contribution in [0.15, 0.2) is 47.4 Å². The first-order valence-corrected chi connectivity index (χ1v) is 12.1. The third kappa shape index (κ3) is 4.99. The quantitative estimate of drug-likeness (QED) is 0.443. The molecule has 0 bridgehead atoms. The molecular formula is C22H25Cl2N3O2S. The number of benzene rings is 2. The number of sulfonamides is 1. The summed E-state index contributed by atoms with van der Waals surface area (Å²) in [6.45, 7) is 6.06. The van der Waals surface area contributed by atoms with E-state index in [2.05, 4.69) is 16.7 Å². The van der Waals surface area contributed by atoms with E-state index in [1.54, 1.807) is 41.9 Å². The number of aromatic nitrogens is 2. The molecule has 2 aromatic carbocycles. The van der Waals surface area contributed by atoms with E-state index >= 15 is 0 Å². The largest absolute Gasteiger partial charge is 0.276 e. The summed E-state index contributed by atoms with van der Waals surface area (Å²) >= 11 is 12.5. The van der Waals surface area contributed by atoms with Crippen LogP contribution in [0.4, 0.5) is 5.69 Å². The molecule has 0 unspecified atom stereocenters. The van der Waals surface area contributed by atoms with Gasteiger partial charge < -0.3 is 0 Å². The summed E-state index contributed by atoms with van der Waals surface area (Å²) in [5.74, 6) is 0. The van der Waals surface area contributed by atoms with Gasteiger partial charge >= 0.3 is 0 Å². The second-order valence-electron chi connectivity index (χ2n) is 7.26. The molecule has 0 aliphatic rings. The summed E-state index contributed by atoms with van der Waals surface area (Å²) in [5, 5.41) is 5.57. The van der Waals surface area contributed by atoms with Crippen molar-refractivity contribution in [1.29, 1.82) is 0 Å². The van der Waals surface area contributed by atoms with Crippen molar-refractivity contribution in [3.8, 4) is 0 Å². The number of anilines is 1. The molecular weight excluding hydrogens is 441 g/mol. The number of aryl methyl sites for hydroxylation is 2. The number of nitrogens with zero attached hydrogens (tertiary/aromatic N) is 2. The lowest BCUT2D eigenvalue weighted by molar-refractivity contribution is 0.601. The van der Waals surface area contributed by atoms with Crippen molar-refractivity contribution in [3.63, 3.8) is 0 Å². The predicted octanol–water partition coefficient (Wildman–Crippen LogP) is 6.00. The number of unbranched alkanes of at least 4 members (excludes halogenated alkanes) is 1. The van der Waals surface area contributed by atoms with Gasteiger partial charge in [0.1, 0.15) is 0 Å². The molecule has 0 aliphatic heterocycles. The van der Waals surface area contributed by atoms with Gasteiger partial charge in [-0.3, -0.25) is 9.40 Å². The maximum absolute atomic E-state index is 12.9. The number of halogens is 2. The zero-order valence-corrected chi connectivity index (χ0v) is 19.6. The lowest BCUT2D eigenvalue weighted by atomic mass is 10.1. The lowest BCUT2D eigenvalue weighted by Gasteiger charge is -2.11. The summed E-state index contributed by atoms with van der Waals surface area (Å²) in [6, 6.07) is 12.3. The summed E-state index contributed by atoms with van der Waals surface area (Å²) in [7, 11) is -3.73. The van der Waals surface area contributed by atoms with Gasteiger partial charge in [-0.1, -0.05) is 54.7 Å². The highest BCUT2D eigenvalue weighted by Crippen LogP contribution is 2.28. The fraction of sp³-hybridized carbons (Fsp3) is 0.318. The molecule has 0 radical (unpaired) electrons. The first kappa shape index (κ1) is 22.7. The van der Waals surface area contributed by atoms with Gasteiger partial charge in [-0.25, -0.2) is 8.42 Å². The van der Waals surface area contributed by atoms with Crippen LogP contribution < -0.4 is 4.72 Å². The van der Waals surface area contributed by atoms with Crippen LogP contribution in [0, 0.1) is 13.8 Å². The Morgan fingerprint density at radius 2 is 1.67 bits per heavy atom. The van der Waals surface area contributed by atoms with E-state index in [4.69, 9.17) is 23.2 Å². The third-order valence-electron chi connectivity index (χ3n) is 5.04. The zero-order valence-electron chi connectivity index (χ0n) is 17.2. The van der Waals surface area contributed by atoms with Gasteiger partial charge in [0.15, 0.2) is 0 Å². The molecule has 8 heteroatoms. The molecule has 1 aromatic heterocycles. The van der Waals surface area contributed by atoms with Crippen LogP contribution in [0.2, 0.25) is 10.0 Å². The van der Waals surface area contributed by atoms with Crippen molar-refractivity contribution in [2.45, 2.75) is 51.5 Å². The molecule has 1 heterocycles. The molecule has 5 nitrogen and oxygen atoms in total. The molecule has 0 saturated heterocycles. The molecule has 3 rings (SSSR count). The van der Waals surface area contributed by atoms with Gasteiger partial charge in [-0.05, 0) is 56.5 Å². The first-order valence-electron chi connectivity index (χ1n) is 9.81. The minimum atomic E-state index is -3.73. The van der Waals surface area contributed by atoms with E-state index in [1.807, 2.05) is 19.1 Å². The predicted molar refractivity (Wildman–Crippen MR) is 123 cm³/mol. The van der Waals surface area contributed by atoms with Crippen molar-refractivity contribution in [2.24, 2.45) is 0 Å². The SMILES string of the molecule is CCCCc1ccc(S(=O)(=O)Nc2c(C)nn(Cc3c(Cl)cccc3Cl)c2C)cc1. The topological polar surface area (TPSA) is 64.0 Å². The average molecular weight is 466 g/mol. The van der Waals surface area contributed by atoms with Gasteiger partial charge in [-0.15, -0.1) is 0 Å². The van der Waals surface area contributed by atoms with E-state index in [1.165, 1.54) is 0 Å². The van der Waals surface area contributed by atoms with Gasteiger partial charge in [0.05, 0.1) is 28.5 Å². The van der Waals surface area contributed by atoms with Gasteiger partial charge in [-0.2, -0.15) is 5.10 Å². The van der Waals surface area contributed by atoms with Crippen molar-refractivity contribution >= 4 is 38.9 Å². The summed E-state index contributed by atoms with van der Waals surface area (Å²) in [6.07, 6.45) is 3.13. The lowest BCUT2D eigenvalue weighted by Crippen LogP contribution is -2.14. The Morgan fingerprint density at radius 3 is 2.27 bits per heavy atom. The standard InChI is InChI=1S/C22H25Cl2N3O2S/c1-4-5-7-17-10-12-18(13-11-17)30(28,29)26-22-15(2)25-27(16(22)3)14-19-20(23)8-6-9-21(19)24/h6,8-13,26H,4-5,7,14H2,1-3H3. The summed E-state index contributed by atoms with van der Waals surface area (Å²) in [5.41, 5.74) is 3.61. The number of nitrogens with one attached hydrogen (secondary N) is 1. The first-order chi connectivity index (χ1) is 14.2. The van der Waals surface area contributed by atoms with Crippen molar-refractivity contribution in [3.05, 3.63) is 75.0 Å². The highest BCUT2D eigenvalue weighted by Gasteiger charge is 2.21. The molecule has 0 saturated carbocycles. The van der Waals surface area contributed by atoms with Gasteiger partial charge in [0.2, 0.25) is 0 Å². The molecule has 0 aliphatic carbocycles. The smallest absolute Gasteiger partial charge is 0.262 e. The van der Waals surface area contributed by atoms with Crippen LogP contribution in [0.3, 0.4) is 0 Å². The monoisotopic (exact) mass is 465 g/mol.